The van der Waals surface area contributed by atoms with Gasteiger partial charge in [-0.3, -0.25) is 8.96 Å². The summed E-state index contributed by atoms with van der Waals surface area (Å²) in [5, 5.41) is 34.3. The molecule has 0 radical (unpaired) electrons. The van der Waals surface area contributed by atoms with Gasteiger partial charge in [0, 0.05) is 17.9 Å². The number of allylic oxidation sites excluding steroid dienone is 1. The molecular weight excluding hydrogens is 801 g/mol. The zero-order valence-corrected chi connectivity index (χ0v) is 32.2. The number of rotatable bonds is 20. The molecule has 4 atom stereocenters. The number of ether oxygens (including phenoxy) is 2. The highest BCUT2D eigenvalue weighted by Crippen LogP contribution is 2.32. The molecule has 0 bridgehead atoms. The molecule has 22 nitrogen and oxygen atoms in total. The van der Waals surface area contributed by atoms with Crippen LogP contribution in [0.25, 0.3) is 0 Å². The third kappa shape index (κ3) is 30.5. The van der Waals surface area contributed by atoms with Crippen molar-refractivity contribution in [3.05, 3.63) is 75.4 Å². The summed E-state index contributed by atoms with van der Waals surface area (Å²) in [6, 6.07) is 1.61. The van der Waals surface area contributed by atoms with Crippen LogP contribution in [-0.4, -0.2) is 92.3 Å². The molecule has 2 heterocycles. The van der Waals surface area contributed by atoms with Gasteiger partial charge in [0.05, 0.1) is 13.3 Å². The van der Waals surface area contributed by atoms with Gasteiger partial charge in [-0.2, -0.15) is 13.8 Å². The molecule has 2 rings (SSSR count). The second kappa shape index (κ2) is 31.4. The van der Waals surface area contributed by atoms with E-state index in [9.17, 15) is 67.2 Å². The van der Waals surface area contributed by atoms with Crippen LogP contribution in [0.1, 0.15) is 73.5 Å². The molecule has 1 saturated heterocycles. The molecule has 28 heteroatoms. The highest BCUT2D eigenvalue weighted by atomic mass is 32.2. The molecule has 56 heavy (non-hydrogen) atoms. The molecule has 1 fully saturated rings. The molecular formula is C28H48F5N7O15S. The van der Waals surface area contributed by atoms with Crippen molar-refractivity contribution >= 4 is 17.6 Å². The van der Waals surface area contributed by atoms with Crippen molar-refractivity contribution in [1.29, 1.82) is 0 Å². The maximum absolute atomic E-state index is 12.3. The third-order valence-electron chi connectivity index (χ3n) is 6.02. The van der Waals surface area contributed by atoms with Gasteiger partial charge in [-0.25, -0.2) is 13.6 Å². The second-order valence-corrected chi connectivity index (χ2v) is 12.0. The molecule has 1 aromatic heterocycles. The van der Waals surface area contributed by atoms with Crippen LogP contribution in [0.2, 0.25) is 0 Å². The van der Waals surface area contributed by atoms with Crippen LogP contribution in [0, 0.1) is 46.4 Å². The van der Waals surface area contributed by atoms with Crippen molar-refractivity contribution in [1.82, 2.24) is 9.55 Å². The molecule has 0 aromatic carbocycles. The van der Waals surface area contributed by atoms with E-state index < -0.39 is 64.8 Å². The van der Waals surface area contributed by atoms with Gasteiger partial charge in [0.25, 0.3) is 20.3 Å². The first-order chi connectivity index (χ1) is 26.0. The Bertz CT molecular complexity index is 1350. The van der Waals surface area contributed by atoms with Crippen LogP contribution in [0.15, 0.2) is 29.2 Å². The van der Waals surface area contributed by atoms with E-state index in [0.29, 0.717) is 12.8 Å². The smallest absolute Gasteiger partial charge is 0.383 e. The van der Waals surface area contributed by atoms with Gasteiger partial charge < -0.3 is 34.6 Å². The predicted molar refractivity (Wildman–Crippen MR) is 187 cm³/mol. The van der Waals surface area contributed by atoms with Gasteiger partial charge in [0.2, 0.25) is 0 Å². The molecule has 1 aliphatic heterocycles. The lowest BCUT2D eigenvalue weighted by Crippen LogP contribution is -2.37. The number of thioether (sulfide) groups is 1. The molecule has 2 N–H and O–H groups in total. The Morgan fingerprint density at radius 3 is 1.86 bits per heavy atom. The van der Waals surface area contributed by atoms with Crippen LogP contribution in [0.4, 0.5) is 27.8 Å². The van der Waals surface area contributed by atoms with E-state index in [4.69, 9.17) is 10.5 Å². The number of nitrogens with zero attached hydrogens (tertiary/aromatic N) is 6. The molecule has 0 saturated carbocycles. The monoisotopic (exact) mass is 849 g/mol. The second-order valence-electron chi connectivity index (χ2n) is 10.8. The Labute approximate surface area is 321 Å². The van der Waals surface area contributed by atoms with Gasteiger partial charge in [-0.05, 0) is 38.7 Å². The Hall–Kier alpha value is -4.86. The van der Waals surface area contributed by atoms with E-state index in [2.05, 4.69) is 49.5 Å². The van der Waals surface area contributed by atoms with Crippen molar-refractivity contribution in [2.75, 3.05) is 38.0 Å². The fourth-order valence-electron chi connectivity index (χ4n) is 2.88. The summed E-state index contributed by atoms with van der Waals surface area (Å²) in [4.78, 5) is 69.4. The lowest BCUT2D eigenvalue weighted by Gasteiger charge is -2.19. The number of aromatic nitrogens is 2. The van der Waals surface area contributed by atoms with Crippen LogP contribution < -0.4 is 11.4 Å². The number of nitrogens with two attached hydrogens (primary N) is 1. The van der Waals surface area contributed by atoms with Crippen LogP contribution >= 0.6 is 11.8 Å². The van der Waals surface area contributed by atoms with Crippen molar-refractivity contribution in [2.24, 2.45) is 5.92 Å². The zero-order chi connectivity index (χ0) is 44.0. The van der Waals surface area contributed by atoms with E-state index in [-0.39, 0.29) is 35.9 Å². The zero-order valence-electron chi connectivity index (χ0n) is 31.4. The molecule has 326 valence electrons. The lowest BCUT2D eigenvalue weighted by molar-refractivity contribution is -0.790. The van der Waals surface area contributed by atoms with Crippen LogP contribution in [0.3, 0.4) is 0 Å². The molecule has 1 aliphatic rings. The van der Waals surface area contributed by atoms with Crippen molar-refractivity contribution in [2.45, 2.75) is 104 Å². The molecule has 2 unspecified atom stereocenters. The lowest BCUT2D eigenvalue weighted by atomic mass is 10.2. The molecule has 0 amide bonds. The van der Waals surface area contributed by atoms with Crippen LogP contribution in [0.5, 0.6) is 0 Å². The Kier molecular flexibility index (Phi) is 31.1. The maximum atomic E-state index is 12.3. The number of anilines is 1. The van der Waals surface area contributed by atoms with Crippen molar-refractivity contribution in [3.63, 3.8) is 0 Å². The van der Waals surface area contributed by atoms with Gasteiger partial charge in [0.1, 0.15) is 36.8 Å². The minimum Gasteiger partial charge on any atom is -0.383 e. The fourth-order valence-corrected chi connectivity index (χ4v) is 3.94. The minimum absolute atomic E-state index is 0.163. The van der Waals surface area contributed by atoms with Gasteiger partial charge in [-0.1, -0.05) is 40.2 Å². The summed E-state index contributed by atoms with van der Waals surface area (Å²) in [7, 11) is 0. The summed E-state index contributed by atoms with van der Waals surface area (Å²) in [6.07, 6.45) is -6.32. The van der Waals surface area contributed by atoms with Crippen LogP contribution in [-0.2, 0) is 28.8 Å². The molecule has 0 aliphatic carbocycles. The SMILES string of the molecule is C=C(C)CC.CC(CF)CO[N+](=O)[O-].CCC(CC)O[N+](=O)[O-].CC[C@H]1O[C@@H](n2ccc(N)nc2=O)CS1.O=[N+]([O-])OCC(COC(F)(F)C(F)F)O[N+](=O)[O-]. The summed E-state index contributed by atoms with van der Waals surface area (Å²) in [6.45, 7) is 11.8. The third-order valence-corrected chi connectivity index (χ3v) is 7.32. The predicted octanol–water partition coefficient (Wildman–Crippen LogP) is 5.63. The number of nitrogen functional groups attached to an aromatic ring is 1. The standard InChI is InChI=1S/C9H13N3O2S.C5H6F4N2O7.C5H11NO3.C5H10.C4H8FNO3/c1-2-8-14-7(5-15-8)12-4-3-6(10)11-9(12)13;6-4(7)5(8,9)16-1-3(18-11(14)15)2-17-10(12)13;1-3-5(4-2)9-6(7)8;1-4-5(2)3;1-4(2-5)3-9-6(7)8/h3-4,7-8H,2,5H2,1H3,(H2,10,11,13);3-4H,1-2H2;5H,3-4H2,1-2H3;2,4H2,1,3H3;4H,2-3H2,1H3/t7-,8+;;;;/m1..../s1. The maximum Gasteiger partial charge on any atom is 0.416 e. The van der Waals surface area contributed by atoms with Gasteiger partial charge in [-0.15, -0.1) is 58.8 Å². The van der Waals surface area contributed by atoms with E-state index in [0.717, 1.165) is 18.6 Å². The topological polar surface area (TPSA) is 289 Å². The van der Waals surface area contributed by atoms with E-state index in [1.807, 2.05) is 20.8 Å². The van der Waals surface area contributed by atoms with Crippen molar-refractivity contribution in [3.8, 4) is 0 Å². The van der Waals surface area contributed by atoms with E-state index in [1.54, 1.807) is 24.0 Å². The Morgan fingerprint density at radius 1 is 1.00 bits per heavy atom. The highest BCUT2D eigenvalue weighted by molar-refractivity contribution is 7.99. The fraction of sp³-hybridized carbons (Fsp3) is 0.786. The number of halogens is 5. The largest absolute Gasteiger partial charge is 0.416 e. The minimum atomic E-state index is -4.85. The van der Waals surface area contributed by atoms with Crippen molar-refractivity contribution < 1.29 is 71.1 Å². The summed E-state index contributed by atoms with van der Waals surface area (Å²) < 4.78 is 69.9. The molecule has 0 spiro atoms. The highest BCUT2D eigenvalue weighted by Gasteiger charge is 2.43. The summed E-state index contributed by atoms with van der Waals surface area (Å²) in [5.74, 6) is 0.633. The number of hydrogen-bond donors (Lipinski definition) is 1. The normalized spacial score (nSPS) is 15.4. The van der Waals surface area contributed by atoms with E-state index in [1.165, 1.54) is 17.1 Å². The summed E-state index contributed by atoms with van der Waals surface area (Å²) in [5.41, 5.74) is 6.49. The first-order valence-corrected chi connectivity index (χ1v) is 17.3. The average Bonchev–Trinajstić information content (AvgIpc) is 3.60. The Morgan fingerprint density at radius 2 is 1.50 bits per heavy atom. The molecule has 1 aromatic rings. The first-order valence-electron chi connectivity index (χ1n) is 16.3. The summed E-state index contributed by atoms with van der Waals surface area (Å²) >= 11 is 1.72. The van der Waals surface area contributed by atoms with Gasteiger partial charge in [0.15, 0.2) is 6.10 Å². The average molecular weight is 850 g/mol. The quantitative estimate of drug-likeness (QED) is 0.0720. The number of alkyl halides is 5. The van der Waals surface area contributed by atoms with Gasteiger partial charge >= 0.3 is 18.2 Å². The number of hydrogen-bond acceptors (Lipinski definition) is 18. The Balaban J connectivity index is -0.000000666. The first kappa shape index (κ1) is 55.5. The van der Waals surface area contributed by atoms with E-state index >= 15 is 0 Å².